The molecule has 1 rings (SSSR count). The van der Waals surface area contributed by atoms with Crippen LogP contribution in [0.2, 0.25) is 0 Å². The number of hydrogen-bond donors (Lipinski definition) is 1. The van der Waals surface area contributed by atoms with Gasteiger partial charge in [-0.1, -0.05) is 33.6 Å². The SMILES string of the molecule is CCCOc1ccc(NC(=O)CC(C)CCC)c(C)c1. The van der Waals surface area contributed by atoms with E-state index in [2.05, 4.69) is 26.1 Å². The Bertz CT molecular complexity index is 429. The van der Waals surface area contributed by atoms with Crippen LogP contribution in [0.1, 0.15) is 52.0 Å². The lowest BCUT2D eigenvalue weighted by atomic mass is 10.0. The Morgan fingerprint density at radius 3 is 2.65 bits per heavy atom. The fourth-order valence-electron chi connectivity index (χ4n) is 2.20. The summed E-state index contributed by atoms with van der Waals surface area (Å²) < 4.78 is 5.58. The summed E-state index contributed by atoms with van der Waals surface area (Å²) in [5, 5.41) is 2.99. The van der Waals surface area contributed by atoms with Crippen molar-refractivity contribution in [2.24, 2.45) is 5.92 Å². The topological polar surface area (TPSA) is 38.3 Å². The second-order valence-corrected chi connectivity index (χ2v) is 5.47. The van der Waals surface area contributed by atoms with Crippen LogP contribution >= 0.6 is 0 Å². The minimum absolute atomic E-state index is 0.0938. The monoisotopic (exact) mass is 277 g/mol. The van der Waals surface area contributed by atoms with Crippen LogP contribution in [0.5, 0.6) is 5.75 Å². The standard InChI is InChI=1S/C17H27NO2/c1-5-7-13(3)11-17(19)18-16-9-8-15(12-14(16)4)20-10-6-2/h8-9,12-13H,5-7,10-11H2,1-4H3,(H,18,19). The quantitative estimate of drug-likeness (QED) is 0.757. The molecule has 0 aliphatic rings. The molecule has 1 amide bonds. The summed E-state index contributed by atoms with van der Waals surface area (Å²) in [6, 6.07) is 5.80. The molecule has 1 aromatic rings. The smallest absolute Gasteiger partial charge is 0.224 e. The van der Waals surface area contributed by atoms with Gasteiger partial charge in [0.25, 0.3) is 0 Å². The zero-order valence-corrected chi connectivity index (χ0v) is 13.2. The molecule has 112 valence electrons. The van der Waals surface area contributed by atoms with Crippen molar-refractivity contribution in [3.8, 4) is 5.75 Å². The van der Waals surface area contributed by atoms with Gasteiger partial charge < -0.3 is 10.1 Å². The molecule has 3 nitrogen and oxygen atoms in total. The fourth-order valence-corrected chi connectivity index (χ4v) is 2.20. The number of amides is 1. The Morgan fingerprint density at radius 2 is 2.05 bits per heavy atom. The van der Waals surface area contributed by atoms with Crippen LogP contribution < -0.4 is 10.1 Å². The van der Waals surface area contributed by atoms with Crippen molar-refractivity contribution in [2.45, 2.75) is 53.4 Å². The lowest BCUT2D eigenvalue weighted by molar-refractivity contribution is -0.117. The van der Waals surface area contributed by atoms with Crippen molar-refractivity contribution in [2.75, 3.05) is 11.9 Å². The van der Waals surface area contributed by atoms with Gasteiger partial charge in [-0.25, -0.2) is 0 Å². The highest BCUT2D eigenvalue weighted by atomic mass is 16.5. The first kappa shape index (κ1) is 16.5. The third-order valence-corrected chi connectivity index (χ3v) is 3.26. The predicted molar refractivity (Wildman–Crippen MR) is 84.3 cm³/mol. The maximum Gasteiger partial charge on any atom is 0.224 e. The first-order valence-corrected chi connectivity index (χ1v) is 7.60. The van der Waals surface area contributed by atoms with Crippen molar-refractivity contribution in [1.82, 2.24) is 0 Å². The minimum atomic E-state index is 0.0938. The largest absolute Gasteiger partial charge is 0.494 e. The summed E-state index contributed by atoms with van der Waals surface area (Å²) in [6.45, 7) is 9.06. The lowest BCUT2D eigenvalue weighted by Gasteiger charge is -2.13. The van der Waals surface area contributed by atoms with Gasteiger partial charge in [0.2, 0.25) is 5.91 Å². The third-order valence-electron chi connectivity index (χ3n) is 3.26. The zero-order chi connectivity index (χ0) is 15.0. The molecular weight excluding hydrogens is 250 g/mol. The number of anilines is 1. The van der Waals surface area contributed by atoms with Gasteiger partial charge in [-0.3, -0.25) is 4.79 Å². The first-order chi connectivity index (χ1) is 9.56. The molecule has 20 heavy (non-hydrogen) atoms. The van der Waals surface area contributed by atoms with Crippen LogP contribution in [0.25, 0.3) is 0 Å². The number of benzene rings is 1. The van der Waals surface area contributed by atoms with E-state index in [1.165, 1.54) is 0 Å². The normalized spacial score (nSPS) is 12.0. The van der Waals surface area contributed by atoms with Gasteiger partial charge in [0.15, 0.2) is 0 Å². The van der Waals surface area contributed by atoms with Crippen molar-refractivity contribution in [3.63, 3.8) is 0 Å². The highest BCUT2D eigenvalue weighted by Crippen LogP contribution is 2.22. The van der Waals surface area contributed by atoms with E-state index in [0.717, 1.165) is 42.9 Å². The van der Waals surface area contributed by atoms with Gasteiger partial charge in [-0.2, -0.15) is 0 Å². The molecule has 0 radical (unpaired) electrons. The summed E-state index contributed by atoms with van der Waals surface area (Å²) in [7, 11) is 0. The summed E-state index contributed by atoms with van der Waals surface area (Å²) in [5.41, 5.74) is 1.91. The molecule has 0 saturated heterocycles. The maximum absolute atomic E-state index is 12.0. The molecule has 0 aliphatic carbocycles. The lowest BCUT2D eigenvalue weighted by Crippen LogP contribution is -2.15. The van der Waals surface area contributed by atoms with E-state index in [1.54, 1.807) is 0 Å². The molecule has 1 N–H and O–H groups in total. The average molecular weight is 277 g/mol. The molecule has 0 fully saturated rings. The van der Waals surface area contributed by atoms with E-state index in [-0.39, 0.29) is 5.91 Å². The molecule has 0 aliphatic heterocycles. The molecule has 0 saturated carbocycles. The van der Waals surface area contributed by atoms with Gasteiger partial charge in [0, 0.05) is 12.1 Å². The Balaban J connectivity index is 2.57. The highest BCUT2D eigenvalue weighted by Gasteiger charge is 2.10. The van der Waals surface area contributed by atoms with Crippen LogP contribution in [0.15, 0.2) is 18.2 Å². The first-order valence-electron chi connectivity index (χ1n) is 7.60. The molecular formula is C17H27NO2. The minimum Gasteiger partial charge on any atom is -0.494 e. The number of carbonyl (C=O) groups is 1. The Hall–Kier alpha value is -1.51. The molecule has 0 heterocycles. The van der Waals surface area contributed by atoms with E-state index >= 15 is 0 Å². The number of nitrogens with one attached hydrogen (secondary N) is 1. The van der Waals surface area contributed by atoms with Crippen LogP contribution in [0.3, 0.4) is 0 Å². The Morgan fingerprint density at radius 1 is 1.30 bits per heavy atom. The number of carbonyl (C=O) groups excluding carboxylic acids is 1. The molecule has 1 atom stereocenters. The molecule has 1 aromatic carbocycles. The van der Waals surface area contributed by atoms with E-state index in [0.29, 0.717) is 12.3 Å². The second kappa shape index (κ2) is 8.62. The summed E-state index contributed by atoms with van der Waals surface area (Å²) >= 11 is 0. The average Bonchev–Trinajstić information content (AvgIpc) is 2.39. The van der Waals surface area contributed by atoms with Gasteiger partial charge in [0.1, 0.15) is 5.75 Å². The summed E-state index contributed by atoms with van der Waals surface area (Å²) in [4.78, 5) is 12.0. The van der Waals surface area contributed by atoms with Crippen molar-refractivity contribution >= 4 is 11.6 Å². The van der Waals surface area contributed by atoms with Crippen molar-refractivity contribution in [3.05, 3.63) is 23.8 Å². The summed E-state index contributed by atoms with van der Waals surface area (Å²) in [5.74, 6) is 1.39. The Labute approximate surface area is 122 Å². The zero-order valence-electron chi connectivity index (χ0n) is 13.2. The van der Waals surface area contributed by atoms with Crippen LogP contribution in [-0.2, 0) is 4.79 Å². The van der Waals surface area contributed by atoms with Crippen LogP contribution in [0.4, 0.5) is 5.69 Å². The van der Waals surface area contributed by atoms with Gasteiger partial charge in [-0.15, -0.1) is 0 Å². The maximum atomic E-state index is 12.0. The van der Waals surface area contributed by atoms with Gasteiger partial charge in [-0.05, 0) is 43.0 Å². The number of ether oxygens (including phenoxy) is 1. The van der Waals surface area contributed by atoms with Crippen LogP contribution in [0, 0.1) is 12.8 Å². The van der Waals surface area contributed by atoms with Crippen molar-refractivity contribution in [1.29, 1.82) is 0 Å². The number of hydrogen-bond acceptors (Lipinski definition) is 2. The summed E-state index contributed by atoms with van der Waals surface area (Å²) in [6.07, 6.45) is 3.79. The Kier molecular flexibility index (Phi) is 7.13. The third kappa shape index (κ3) is 5.64. The molecule has 0 aromatic heterocycles. The van der Waals surface area contributed by atoms with Gasteiger partial charge >= 0.3 is 0 Å². The van der Waals surface area contributed by atoms with E-state index < -0.39 is 0 Å². The molecule has 0 spiro atoms. The van der Waals surface area contributed by atoms with Crippen molar-refractivity contribution < 1.29 is 9.53 Å². The van der Waals surface area contributed by atoms with E-state index in [4.69, 9.17) is 4.74 Å². The second-order valence-electron chi connectivity index (χ2n) is 5.47. The fraction of sp³-hybridized carbons (Fsp3) is 0.588. The van der Waals surface area contributed by atoms with Gasteiger partial charge in [0.05, 0.1) is 6.61 Å². The predicted octanol–water partition coefficient (Wildman–Crippen LogP) is 4.55. The van der Waals surface area contributed by atoms with E-state index in [9.17, 15) is 4.79 Å². The number of aryl methyl sites for hydroxylation is 1. The van der Waals surface area contributed by atoms with E-state index in [1.807, 2.05) is 25.1 Å². The number of rotatable bonds is 8. The highest BCUT2D eigenvalue weighted by molar-refractivity contribution is 5.91. The molecule has 0 bridgehead atoms. The molecule has 3 heteroatoms. The van der Waals surface area contributed by atoms with Crippen LogP contribution in [-0.4, -0.2) is 12.5 Å². The molecule has 1 unspecified atom stereocenters.